The average molecular weight is 580 g/mol. The summed E-state index contributed by atoms with van der Waals surface area (Å²) in [5.41, 5.74) is 0.727. The third-order valence-corrected chi connectivity index (χ3v) is 7.73. The molecule has 8 heteroatoms. The van der Waals surface area contributed by atoms with Gasteiger partial charge in [0, 0.05) is 23.6 Å². The maximum Gasteiger partial charge on any atom is 0.331 e. The quantitative estimate of drug-likeness (QED) is 0.283. The first-order valence-electron chi connectivity index (χ1n) is 14.4. The smallest absolute Gasteiger partial charge is 0.331 e. The number of para-hydroxylation sites is 1. The van der Waals surface area contributed by atoms with Gasteiger partial charge in [-0.2, -0.15) is 0 Å². The number of hydrogen-bond acceptors (Lipinski definition) is 5. The van der Waals surface area contributed by atoms with Crippen LogP contribution in [-0.2, 0) is 26.4 Å². The number of carbonyl (C=O) groups is 3. The minimum Gasteiger partial charge on any atom is -0.489 e. The number of carboxylic acid groups (broad SMARTS) is 1. The lowest BCUT2D eigenvalue weighted by atomic mass is 9.76. The van der Waals surface area contributed by atoms with Gasteiger partial charge in [-0.1, -0.05) is 103 Å². The highest BCUT2D eigenvalue weighted by molar-refractivity contribution is 5.91. The van der Waals surface area contributed by atoms with Crippen LogP contribution in [0.3, 0.4) is 0 Å². The Balaban J connectivity index is 2.37. The number of benzene rings is 2. The van der Waals surface area contributed by atoms with Gasteiger partial charge < -0.3 is 25.4 Å². The van der Waals surface area contributed by atoms with E-state index in [1.807, 2.05) is 103 Å². The van der Waals surface area contributed by atoms with Crippen molar-refractivity contribution in [3.8, 4) is 5.75 Å². The van der Waals surface area contributed by atoms with Crippen molar-refractivity contribution in [1.29, 1.82) is 0 Å². The van der Waals surface area contributed by atoms with E-state index < -0.39 is 34.9 Å². The van der Waals surface area contributed by atoms with Gasteiger partial charge in [0.15, 0.2) is 0 Å². The molecule has 0 aliphatic heterocycles. The van der Waals surface area contributed by atoms with Gasteiger partial charge in [-0.3, -0.25) is 9.59 Å². The number of likely N-dealkylation sites (N-methyl/N-ethyl adjacent to an activating group) is 2. The van der Waals surface area contributed by atoms with Crippen molar-refractivity contribution in [1.82, 2.24) is 15.5 Å². The number of amides is 2. The van der Waals surface area contributed by atoms with Crippen molar-refractivity contribution in [3.63, 3.8) is 0 Å². The number of aliphatic carboxylic acids is 1. The predicted octanol–water partition coefficient (Wildman–Crippen LogP) is 5.18. The van der Waals surface area contributed by atoms with Crippen LogP contribution in [-0.4, -0.2) is 60.0 Å². The van der Waals surface area contributed by atoms with Crippen LogP contribution < -0.4 is 15.4 Å². The Kier molecular flexibility index (Phi) is 11.9. The number of nitrogens with one attached hydrogen (secondary N) is 2. The molecule has 8 nitrogen and oxygen atoms in total. The molecule has 2 rings (SSSR count). The number of carboxylic acids is 1. The second kappa shape index (κ2) is 14.5. The molecule has 0 bridgehead atoms. The fourth-order valence-corrected chi connectivity index (χ4v) is 5.14. The summed E-state index contributed by atoms with van der Waals surface area (Å²) < 4.78 is 6.22. The fourth-order valence-electron chi connectivity index (χ4n) is 5.14. The van der Waals surface area contributed by atoms with Crippen LogP contribution in [0.1, 0.15) is 66.5 Å². The molecule has 0 radical (unpaired) electrons. The fraction of sp³-hybridized carbons (Fsp3) is 0.500. The van der Waals surface area contributed by atoms with Gasteiger partial charge in [0.05, 0.1) is 12.1 Å². The molecule has 230 valence electrons. The first-order chi connectivity index (χ1) is 19.5. The number of nitrogens with zero attached hydrogens (tertiary/aromatic N) is 1. The standard InChI is InChI=1S/C34H49N3O5/c1-22(2)26(20-23(3)32(40)41)37(10)31(39)29(33(4,5)6)36-30(38)28(35-9)34(7,8)25-18-14-15-19-27(25)42-21-24-16-12-11-13-17-24/h11-20,22,26,28-29,35H,21H2,1-10H3,(H,36,38)(H,40,41)/b23-20+/t26-,28-,29-/m1/s1. The number of hydrogen-bond donors (Lipinski definition) is 3. The van der Waals surface area contributed by atoms with Gasteiger partial charge in [0.1, 0.15) is 18.4 Å². The Labute approximate surface area is 251 Å². The van der Waals surface area contributed by atoms with Gasteiger partial charge in [-0.25, -0.2) is 4.79 Å². The molecular formula is C34H49N3O5. The van der Waals surface area contributed by atoms with Gasteiger partial charge >= 0.3 is 5.97 Å². The minimum atomic E-state index is -1.03. The van der Waals surface area contributed by atoms with Crippen LogP contribution >= 0.6 is 0 Å². The Morgan fingerprint density at radius 3 is 2.05 bits per heavy atom. The molecule has 2 aromatic carbocycles. The molecule has 0 saturated heterocycles. The van der Waals surface area contributed by atoms with Crippen molar-refractivity contribution >= 4 is 17.8 Å². The summed E-state index contributed by atoms with van der Waals surface area (Å²) in [6.45, 7) is 15.4. The van der Waals surface area contributed by atoms with E-state index in [0.717, 1.165) is 11.1 Å². The summed E-state index contributed by atoms with van der Waals surface area (Å²) in [6, 6.07) is 15.6. The van der Waals surface area contributed by atoms with E-state index in [1.165, 1.54) is 6.92 Å². The van der Waals surface area contributed by atoms with E-state index in [1.54, 1.807) is 25.1 Å². The second-order valence-corrected chi connectivity index (χ2v) is 12.9. The number of carbonyl (C=O) groups excluding carboxylic acids is 2. The van der Waals surface area contributed by atoms with Gasteiger partial charge in [0.2, 0.25) is 11.8 Å². The lowest BCUT2D eigenvalue weighted by molar-refractivity contribution is -0.141. The third-order valence-electron chi connectivity index (χ3n) is 7.73. The van der Waals surface area contributed by atoms with Gasteiger partial charge in [-0.15, -0.1) is 0 Å². The highest BCUT2D eigenvalue weighted by Crippen LogP contribution is 2.35. The zero-order chi connectivity index (χ0) is 31.8. The van der Waals surface area contributed by atoms with Crippen LogP contribution in [0.25, 0.3) is 0 Å². The molecule has 0 saturated carbocycles. The molecule has 0 heterocycles. The molecule has 0 aliphatic rings. The molecule has 2 amide bonds. The Morgan fingerprint density at radius 2 is 1.52 bits per heavy atom. The third kappa shape index (κ3) is 8.68. The largest absolute Gasteiger partial charge is 0.489 e. The monoisotopic (exact) mass is 579 g/mol. The van der Waals surface area contributed by atoms with Crippen molar-refractivity contribution in [2.45, 2.75) is 85.5 Å². The molecule has 42 heavy (non-hydrogen) atoms. The lowest BCUT2D eigenvalue weighted by Crippen LogP contribution is -2.61. The zero-order valence-corrected chi connectivity index (χ0v) is 26.8. The molecule has 0 unspecified atom stereocenters. The van der Waals surface area contributed by atoms with Crippen LogP contribution in [0.5, 0.6) is 5.75 Å². The Hall–Kier alpha value is -3.65. The summed E-state index contributed by atoms with van der Waals surface area (Å²) >= 11 is 0. The molecule has 3 N–H and O–H groups in total. The second-order valence-electron chi connectivity index (χ2n) is 12.9. The summed E-state index contributed by atoms with van der Waals surface area (Å²) in [7, 11) is 3.39. The van der Waals surface area contributed by atoms with Crippen molar-refractivity contribution in [2.24, 2.45) is 11.3 Å². The lowest BCUT2D eigenvalue weighted by Gasteiger charge is -2.40. The molecular weight excluding hydrogens is 530 g/mol. The van der Waals surface area contributed by atoms with Crippen LogP contribution in [0.15, 0.2) is 66.2 Å². The van der Waals surface area contributed by atoms with Gasteiger partial charge in [-0.05, 0) is 36.9 Å². The zero-order valence-electron chi connectivity index (χ0n) is 26.8. The number of rotatable bonds is 13. The maximum absolute atomic E-state index is 14.0. The van der Waals surface area contributed by atoms with E-state index in [0.29, 0.717) is 12.4 Å². The Bertz CT molecular complexity index is 1250. The van der Waals surface area contributed by atoms with Crippen molar-refractivity contribution < 1.29 is 24.2 Å². The van der Waals surface area contributed by atoms with E-state index in [-0.39, 0.29) is 23.3 Å². The minimum absolute atomic E-state index is 0.0408. The van der Waals surface area contributed by atoms with Crippen LogP contribution in [0.2, 0.25) is 0 Å². The molecule has 2 aromatic rings. The molecule has 0 aliphatic carbocycles. The normalized spacial score (nSPS) is 14.6. The van der Waals surface area contributed by atoms with Gasteiger partial charge in [0.25, 0.3) is 0 Å². The van der Waals surface area contributed by atoms with Crippen molar-refractivity contribution in [3.05, 3.63) is 77.4 Å². The van der Waals surface area contributed by atoms with E-state index >= 15 is 0 Å². The summed E-state index contributed by atoms with van der Waals surface area (Å²) in [6.07, 6.45) is 1.60. The summed E-state index contributed by atoms with van der Waals surface area (Å²) in [5, 5.41) is 15.6. The van der Waals surface area contributed by atoms with E-state index in [4.69, 9.17) is 4.74 Å². The molecule has 0 aromatic heterocycles. The van der Waals surface area contributed by atoms with E-state index in [2.05, 4.69) is 10.6 Å². The SMILES string of the molecule is CN[C@H](C(=O)N[C@H](C(=O)N(C)[C@H](/C=C(\C)C(=O)O)C(C)C)C(C)(C)C)C(C)(C)c1ccccc1OCc1ccccc1. The van der Waals surface area contributed by atoms with Crippen LogP contribution in [0, 0.1) is 11.3 Å². The highest BCUT2D eigenvalue weighted by Gasteiger charge is 2.42. The first-order valence-corrected chi connectivity index (χ1v) is 14.4. The molecule has 0 spiro atoms. The summed E-state index contributed by atoms with van der Waals surface area (Å²) in [4.78, 5) is 40.9. The topological polar surface area (TPSA) is 108 Å². The number of ether oxygens (including phenoxy) is 1. The summed E-state index contributed by atoms with van der Waals surface area (Å²) in [5.74, 6) is -0.998. The maximum atomic E-state index is 14.0. The molecule has 3 atom stereocenters. The van der Waals surface area contributed by atoms with Crippen molar-refractivity contribution in [2.75, 3.05) is 14.1 Å². The predicted molar refractivity (Wildman–Crippen MR) is 167 cm³/mol. The Morgan fingerprint density at radius 1 is 0.952 bits per heavy atom. The van der Waals surface area contributed by atoms with Crippen LogP contribution in [0.4, 0.5) is 0 Å². The molecule has 0 fully saturated rings. The average Bonchev–Trinajstić information content (AvgIpc) is 2.92. The highest BCUT2D eigenvalue weighted by atomic mass is 16.5. The van der Waals surface area contributed by atoms with E-state index in [9.17, 15) is 19.5 Å². The first kappa shape index (κ1) is 34.6.